The van der Waals surface area contributed by atoms with E-state index in [-0.39, 0.29) is 12.3 Å². The molecular formula is C10H12N3O3S-. The number of aromatic nitrogens is 1. The highest BCUT2D eigenvalue weighted by Gasteiger charge is 2.27. The van der Waals surface area contributed by atoms with E-state index in [2.05, 4.69) is 10.3 Å². The van der Waals surface area contributed by atoms with Crippen molar-refractivity contribution in [3.05, 3.63) is 30.1 Å². The minimum absolute atomic E-state index is 0.158. The van der Waals surface area contributed by atoms with E-state index >= 15 is 0 Å². The number of nitrogens with one attached hydrogen (secondary N) is 1. The third kappa shape index (κ3) is 2.95. The van der Waals surface area contributed by atoms with Gasteiger partial charge in [0.2, 0.25) is 0 Å². The van der Waals surface area contributed by atoms with Gasteiger partial charge in [0.15, 0.2) is 5.78 Å². The monoisotopic (exact) mass is 254 g/mol. The second kappa shape index (κ2) is 5.46. The molecule has 1 aliphatic heterocycles. The quantitative estimate of drug-likeness (QED) is 0.571. The first kappa shape index (κ1) is 12.3. The third-order valence-electron chi connectivity index (χ3n) is 2.58. The maximum absolute atomic E-state index is 12.0. The van der Waals surface area contributed by atoms with Gasteiger partial charge in [-0.2, -0.15) is 0 Å². The fourth-order valence-corrected chi connectivity index (χ4v) is 2.23. The van der Waals surface area contributed by atoms with E-state index in [9.17, 15) is 13.6 Å². The van der Waals surface area contributed by atoms with Gasteiger partial charge in [0.05, 0.1) is 6.04 Å². The van der Waals surface area contributed by atoms with Gasteiger partial charge in [0.1, 0.15) is 5.69 Å². The van der Waals surface area contributed by atoms with Crippen molar-refractivity contribution in [2.24, 2.45) is 0 Å². The van der Waals surface area contributed by atoms with Crippen LogP contribution in [0.3, 0.4) is 0 Å². The normalized spacial score (nSPS) is 23.2. The molecule has 7 heteroatoms. The molecule has 17 heavy (non-hydrogen) atoms. The Morgan fingerprint density at radius 3 is 3.06 bits per heavy atom. The maximum atomic E-state index is 12.0. The van der Waals surface area contributed by atoms with Crippen LogP contribution in [0, 0.1) is 0 Å². The molecule has 0 radical (unpaired) electrons. The van der Waals surface area contributed by atoms with Gasteiger partial charge < -0.3 is 9.87 Å². The SMILES string of the molecule is O=C(c1ccccn1)C1CN(S(=O)[O-])CCN1. The number of piperazine rings is 1. The number of hydrogen-bond acceptors (Lipinski definition) is 5. The Morgan fingerprint density at radius 2 is 2.41 bits per heavy atom. The van der Waals surface area contributed by atoms with E-state index in [0.29, 0.717) is 18.8 Å². The summed E-state index contributed by atoms with van der Waals surface area (Å²) in [5.74, 6) is -0.180. The van der Waals surface area contributed by atoms with Crippen LogP contribution < -0.4 is 5.32 Å². The zero-order valence-corrected chi connectivity index (χ0v) is 9.85. The van der Waals surface area contributed by atoms with Gasteiger partial charge in [-0.25, -0.2) is 4.31 Å². The molecule has 0 amide bonds. The molecule has 6 nitrogen and oxygen atoms in total. The summed E-state index contributed by atoms with van der Waals surface area (Å²) in [6.07, 6.45) is 1.54. The molecule has 1 fully saturated rings. The smallest absolute Gasteiger partial charge is 0.199 e. The molecule has 1 N–H and O–H groups in total. The zero-order valence-electron chi connectivity index (χ0n) is 9.04. The highest BCUT2D eigenvalue weighted by molar-refractivity contribution is 7.76. The van der Waals surface area contributed by atoms with Gasteiger partial charge in [-0.15, -0.1) is 0 Å². The average molecular weight is 254 g/mol. The molecule has 2 unspecified atom stereocenters. The number of hydrogen-bond donors (Lipinski definition) is 1. The van der Waals surface area contributed by atoms with Crippen molar-refractivity contribution in [3.8, 4) is 0 Å². The van der Waals surface area contributed by atoms with Crippen LogP contribution in [0.5, 0.6) is 0 Å². The van der Waals surface area contributed by atoms with Gasteiger partial charge in [0, 0.05) is 37.1 Å². The van der Waals surface area contributed by atoms with Crippen molar-refractivity contribution in [1.29, 1.82) is 0 Å². The molecular weight excluding hydrogens is 242 g/mol. The van der Waals surface area contributed by atoms with Crippen LogP contribution in [0.2, 0.25) is 0 Å². The highest BCUT2D eigenvalue weighted by Crippen LogP contribution is 2.06. The second-order valence-corrected chi connectivity index (χ2v) is 4.64. The first-order valence-corrected chi connectivity index (χ1v) is 6.24. The molecule has 2 atom stereocenters. The van der Waals surface area contributed by atoms with E-state index in [4.69, 9.17) is 0 Å². The lowest BCUT2D eigenvalue weighted by Gasteiger charge is -2.33. The summed E-state index contributed by atoms with van der Waals surface area (Å²) < 4.78 is 22.9. The van der Waals surface area contributed by atoms with Crippen molar-refractivity contribution < 1.29 is 13.6 Å². The number of pyridine rings is 1. The molecule has 1 aromatic heterocycles. The largest absolute Gasteiger partial charge is 0.760 e. The van der Waals surface area contributed by atoms with Crippen LogP contribution in [-0.4, -0.2) is 49.5 Å². The maximum Gasteiger partial charge on any atom is 0.199 e. The molecule has 0 aromatic carbocycles. The van der Waals surface area contributed by atoms with Crippen molar-refractivity contribution in [2.75, 3.05) is 19.6 Å². The van der Waals surface area contributed by atoms with E-state index in [1.807, 2.05) is 0 Å². The molecule has 92 valence electrons. The number of ketones is 1. The van der Waals surface area contributed by atoms with Crippen molar-refractivity contribution in [2.45, 2.75) is 6.04 Å². The summed E-state index contributed by atoms with van der Waals surface area (Å²) in [6.45, 7) is 1.02. The Morgan fingerprint density at radius 1 is 1.59 bits per heavy atom. The van der Waals surface area contributed by atoms with Crippen LogP contribution >= 0.6 is 0 Å². The molecule has 2 heterocycles. The van der Waals surface area contributed by atoms with Crippen LogP contribution in [-0.2, 0) is 11.3 Å². The zero-order chi connectivity index (χ0) is 12.3. The number of Topliss-reactive ketones (excluding diaryl/α,β-unsaturated/α-hetero) is 1. The lowest BCUT2D eigenvalue weighted by Crippen LogP contribution is -2.54. The standard InChI is InChI=1S/C10H13N3O3S/c14-10(8-3-1-2-4-11-8)9-7-13(17(15)16)6-5-12-9/h1-4,9,12H,5-7H2,(H,15,16)/p-1. The van der Waals surface area contributed by atoms with Gasteiger partial charge in [-0.05, 0) is 12.1 Å². The molecule has 1 saturated heterocycles. The molecule has 1 aromatic rings. The lowest BCUT2D eigenvalue weighted by molar-refractivity contribution is 0.0909. The fraction of sp³-hybridized carbons (Fsp3) is 0.400. The summed E-state index contributed by atoms with van der Waals surface area (Å²) in [5, 5.41) is 3.00. The Labute approximate surface area is 101 Å². The number of carbonyl (C=O) groups is 1. The van der Waals surface area contributed by atoms with Crippen molar-refractivity contribution >= 4 is 17.0 Å². The Kier molecular flexibility index (Phi) is 3.95. The Bertz CT molecular complexity index is 426. The lowest BCUT2D eigenvalue weighted by atomic mass is 10.1. The second-order valence-electron chi connectivity index (χ2n) is 3.69. The average Bonchev–Trinajstić information content (AvgIpc) is 2.39. The fourth-order valence-electron chi connectivity index (χ4n) is 1.72. The summed E-state index contributed by atoms with van der Waals surface area (Å²) in [4.78, 5) is 16.0. The molecule has 0 spiro atoms. The number of rotatable bonds is 3. The molecule has 0 bridgehead atoms. The number of carbonyl (C=O) groups excluding carboxylic acids is 1. The van der Waals surface area contributed by atoms with Gasteiger partial charge >= 0.3 is 0 Å². The van der Waals surface area contributed by atoms with Crippen LogP contribution in [0.4, 0.5) is 0 Å². The van der Waals surface area contributed by atoms with Crippen molar-refractivity contribution in [1.82, 2.24) is 14.6 Å². The third-order valence-corrected chi connectivity index (χ3v) is 3.34. The first-order chi connectivity index (χ1) is 8.18. The highest BCUT2D eigenvalue weighted by atomic mass is 32.2. The topological polar surface area (TPSA) is 85.4 Å². The van der Waals surface area contributed by atoms with Gasteiger partial charge in [-0.3, -0.25) is 14.0 Å². The van der Waals surface area contributed by atoms with Gasteiger partial charge in [0.25, 0.3) is 0 Å². The van der Waals surface area contributed by atoms with Crippen LogP contribution in [0.25, 0.3) is 0 Å². The minimum atomic E-state index is -2.27. The molecule has 1 aliphatic rings. The summed E-state index contributed by atoms with van der Waals surface area (Å²) in [5.41, 5.74) is 0.350. The number of nitrogens with zero attached hydrogens (tertiary/aromatic N) is 2. The summed E-state index contributed by atoms with van der Waals surface area (Å²) in [7, 11) is 0. The first-order valence-electron chi connectivity index (χ1n) is 5.21. The van der Waals surface area contributed by atoms with Crippen LogP contribution in [0.15, 0.2) is 24.4 Å². The van der Waals surface area contributed by atoms with E-state index in [1.165, 1.54) is 4.31 Å². The summed E-state index contributed by atoms with van der Waals surface area (Å²) in [6, 6.07) is 4.56. The van der Waals surface area contributed by atoms with E-state index in [0.717, 1.165) is 0 Å². The van der Waals surface area contributed by atoms with Crippen molar-refractivity contribution in [3.63, 3.8) is 0 Å². The molecule has 0 aliphatic carbocycles. The Balaban J connectivity index is 2.07. The summed E-state index contributed by atoms with van der Waals surface area (Å²) >= 11 is -2.27. The van der Waals surface area contributed by atoms with E-state index < -0.39 is 17.3 Å². The molecule has 2 rings (SSSR count). The predicted molar refractivity (Wildman–Crippen MR) is 60.9 cm³/mol. The van der Waals surface area contributed by atoms with Gasteiger partial charge in [-0.1, -0.05) is 6.07 Å². The minimum Gasteiger partial charge on any atom is -0.760 e. The molecule has 0 saturated carbocycles. The van der Waals surface area contributed by atoms with E-state index in [1.54, 1.807) is 24.4 Å². The van der Waals surface area contributed by atoms with Crippen LogP contribution in [0.1, 0.15) is 10.5 Å². The Hall–Kier alpha value is -1.15. The predicted octanol–water partition coefficient (Wildman–Crippen LogP) is -0.668.